The largest absolute Gasteiger partial charge is 0.503 e. The molecular formula is C17H24O2S. The van der Waals surface area contributed by atoms with Crippen molar-refractivity contribution in [1.29, 1.82) is 0 Å². The van der Waals surface area contributed by atoms with E-state index in [1.54, 1.807) is 17.4 Å². The van der Waals surface area contributed by atoms with Crippen LogP contribution >= 0.6 is 11.3 Å². The summed E-state index contributed by atoms with van der Waals surface area (Å²) in [5, 5.41) is 10.6. The van der Waals surface area contributed by atoms with Gasteiger partial charge < -0.3 is 5.11 Å². The van der Waals surface area contributed by atoms with Crippen LogP contribution in [0.2, 0.25) is 0 Å². The van der Waals surface area contributed by atoms with Gasteiger partial charge in [-0.1, -0.05) is 52.2 Å². The van der Waals surface area contributed by atoms with Gasteiger partial charge in [0.1, 0.15) is 0 Å². The van der Waals surface area contributed by atoms with Gasteiger partial charge >= 0.3 is 0 Å². The summed E-state index contributed by atoms with van der Waals surface area (Å²) in [5.74, 6) is -0.0424. The van der Waals surface area contributed by atoms with Crippen molar-refractivity contribution in [3.05, 3.63) is 39.4 Å². The summed E-state index contributed by atoms with van der Waals surface area (Å²) in [4.78, 5) is 12.9. The van der Waals surface area contributed by atoms with E-state index in [1.165, 1.54) is 25.7 Å². The van der Waals surface area contributed by atoms with Crippen LogP contribution < -0.4 is 5.43 Å². The summed E-state index contributed by atoms with van der Waals surface area (Å²) in [6.45, 7) is 2.20. The summed E-state index contributed by atoms with van der Waals surface area (Å²) in [6.07, 6.45) is 6.75. The number of aryl methyl sites for hydroxylation is 1. The zero-order valence-electron chi connectivity index (χ0n) is 11.3. The highest BCUT2D eigenvalue weighted by atomic mass is 32.1. The average molecular weight is 292 g/mol. The van der Waals surface area contributed by atoms with Crippen molar-refractivity contribution in [1.82, 2.24) is 0 Å². The van der Waals surface area contributed by atoms with Crippen LogP contribution in [-0.2, 0) is 6.42 Å². The summed E-state index contributed by atoms with van der Waals surface area (Å²) >= 11 is 1.54. The Bertz CT molecular complexity index is 601. The maximum absolute atomic E-state index is 12.0. The van der Waals surface area contributed by atoms with Gasteiger partial charge in [0.15, 0.2) is 5.75 Å². The Morgan fingerprint density at radius 2 is 1.80 bits per heavy atom. The Labute approximate surface area is 125 Å². The van der Waals surface area contributed by atoms with E-state index in [0.717, 1.165) is 22.4 Å². The molecule has 1 aromatic heterocycles. The molecule has 0 radical (unpaired) electrons. The van der Waals surface area contributed by atoms with E-state index >= 15 is 0 Å². The van der Waals surface area contributed by atoms with Gasteiger partial charge in [0.25, 0.3) is 0 Å². The predicted octanol–water partition coefficient (Wildman–Crippen LogP) is 5.12. The Kier molecular flexibility index (Phi) is 6.73. The molecule has 0 aliphatic carbocycles. The van der Waals surface area contributed by atoms with Gasteiger partial charge in [0.05, 0.1) is 4.88 Å². The smallest absolute Gasteiger partial charge is 0.229 e. The molecule has 0 spiro atoms. The highest BCUT2D eigenvalue weighted by Gasteiger charge is 2.10. The van der Waals surface area contributed by atoms with Crippen LogP contribution in [0.15, 0.2) is 29.1 Å². The molecule has 0 saturated carbocycles. The third-order valence-electron chi connectivity index (χ3n) is 3.35. The van der Waals surface area contributed by atoms with Crippen LogP contribution in [0.25, 0.3) is 10.1 Å². The third-order valence-corrected chi connectivity index (χ3v) is 4.57. The highest BCUT2D eigenvalue weighted by molar-refractivity contribution is 7.18. The van der Waals surface area contributed by atoms with Crippen molar-refractivity contribution in [2.45, 2.75) is 52.9 Å². The Hall–Kier alpha value is -1.35. The quantitative estimate of drug-likeness (QED) is 0.751. The van der Waals surface area contributed by atoms with Gasteiger partial charge in [0, 0.05) is 10.1 Å². The van der Waals surface area contributed by atoms with E-state index in [1.807, 2.05) is 18.2 Å². The molecule has 1 aromatic carbocycles. The molecule has 0 aliphatic rings. The maximum atomic E-state index is 12.0. The number of hydrogen-bond donors (Lipinski definition) is 1. The fourth-order valence-corrected chi connectivity index (χ4v) is 3.36. The van der Waals surface area contributed by atoms with Crippen molar-refractivity contribution < 1.29 is 5.11 Å². The molecular weight excluding hydrogens is 268 g/mol. The number of aromatic hydroxyl groups is 1. The van der Waals surface area contributed by atoms with E-state index in [4.69, 9.17) is 0 Å². The molecule has 110 valence electrons. The monoisotopic (exact) mass is 292 g/mol. The van der Waals surface area contributed by atoms with Crippen molar-refractivity contribution in [2.75, 3.05) is 0 Å². The molecule has 0 aliphatic heterocycles. The minimum Gasteiger partial charge on any atom is -0.503 e. The second-order valence-electron chi connectivity index (χ2n) is 4.86. The summed E-state index contributed by atoms with van der Waals surface area (Å²) in [5.41, 5.74) is -0.224. The number of rotatable bonds is 6. The Morgan fingerprint density at radius 1 is 1.10 bits per heavy atom. The van der Waals surface area contributed by atoms with E-state index in [-0.39, 0.29) is 18.6 Å². The molecule has 0 amide bonds. The molecule has 0 unspecified atom stereocenters. The van der Waals surface area contributed by atoms with Crippen molar-refractivity contribution in [3.63, 3.8) is 0 Å². The first-order valence-electron chi connectivity index (χ1n) is 6.97. The number of hydrogen-bond acceptors (Lipinski definition) is 3. The van der Waals surface area contributed by atoms with E-state index < -0.39 is 0 Å². The lowest BCUT2D eigenvalue weighted by atomic mass is 10.1. The van der Waals surface area contributed by atoms with E-state index in [9.17, 15) is 9.90 Å². The molecule has 0 bridgehead atoms. The van der Waals surface area contributed by atoms with E-state index in [0.29, 0.717) is 5.39 Å². The van der Waals surface area contributed by atoms with Gasteiger partial charge in [-0.05, 0) is 25.0 Å². The number of unbranched alkanes of at least 4 members (excludes halogenated alkanes) is 4. The molecule has 1 heterocycles. The minimum absolute atomic E-state index is 0. The Morgan fingerprint density at radius 3 is 2.55 bits per heavy atom. The average Bonchev–Trinajstić information content (AvgIpc) is 2.44. The zero-order valence-corrected chi connectivity index (χ0v) is 12.1. The lowest BCUT2D eigenvalue weighted by Crippen LogP contribution is -2.02. The second-order valence-corrected chi connectivity index (χ2v) is 6.00. The fourth-order valence-electron chi connectivity index (χ4n) is 2.24. The molecule has 0 atom stereocenters. The van der Waals surface area contributed by atoms with Crippen LogP contribution in [0.3, 0.4) is 0 Å². The molecule has 2 rings (SSSR count). The van der Waals surface area contributed by atoms with Crippen LogP contribution in [-0.4, -0.2) is 5.11 Å². The van der Waals surface area contributed by atoms with Crippen LogP contribution in [0.5, 0.6) is 5.75 Å². The topological polar surface area (TPSA) is 37.3 Å². The minimum atomic E-state index is -0.224. The third kappa shape index (κ3) is 3.83. The summed E-state index contributed by atoms with van der Waals surface area (Å²) in [7, 11) is 0. The standard InChI is InChI=1S/C16H20O2S.CH4/c1-2-3-4-5-6-11-14-16(18)15(17)12-9-7-8-10-13(12)19-14;/h7-10,18H,2-6,11H2,1H3;1H4. The van der Waals surface area contributed by atoms with Crippen molar-refractivity contribution in [3.8, 4) is 5.75 Å². The van der Waals surface area contributed by atoms with Crippen LogP contribution in [0, 0.1) is 0 Å². The van der Waals surface area contributed by atoms with E-state index in [2.05, 4.69) is 6.92 Å². The number of fused-ring (bicyclic) bond motifs is 1. The molecule has 0 fully saturated rings. The van der Waals surface area contributed by atoms with Gasteiger partial charge in [-0.2, -0.15) is 0 Å². The highest BCUT2D eigenvalue weighted by Crippen LogP contribution is 2.27. The van der Waals surface area contributed by atoms with Crippen LogP contribution in [0.1, 0.15) is 51.3 Å². The van der Waals surface area contributed by atoms with Gasteiger partial charge in [-0.15, -0.1) is 11.3 Å². The van der Waals surface area contributed by atoms with Crippen LogP contribution in [0.4, 0.5) is 0 Å². The fraction of sp³-hybridized carbons (Fsp3) is 0.471. The maximum Gasteiger partial charge on any atom is 0.229 e. The molecule has 2 aromatic rings. The lowest BCUT2D eigenvalue weighted by molar-refractivity contribution is 0.465. The molecule has 2 nitrogen and oxygen atoms in total. The SMILES string of the molecule is C.CCCCCCCc1sc2ccccc2c(=O)c1O. The lowest BCUT2D eigenvalue weighted by Gasteiger charge is -2.05. The first-order valence-corrected chi connectivity index (χ1v) is 7.79. The molecule has 0 saturated heterocycles. The second kappa shape index (κ2) is 8.05. The Balaban J connectivity index is 0.00000200. The molecule has 20 heavy (non-hydrogen) atoms. The normalized spacial score (nSPS) is 10.4. The van der Waals surface area contributed by atoms with Gasteiger partial charge in [0.2, 0.25) is 5.43 Å². The first-order chi connectivity index (χ1) is 9.24. The van der Waals surface area contributed by atoms with Crippen molar-refractivity contribution >= 4 is 21.4 Å². The molecule has 1 N–H and O–H groups in total. The van der Waals surface area contributed by atoms with Crippen molar-refractivity contribution in [2.24, 2.45) is 0 Å². The zero-order chi connectivity index (χ0) is 13.7. The van der Waals surface area contributed by atoms with Gasteiger partial charge in [-0.3, -0.25) is 4.79 Å². The molecule has 3 heteroatoms. The summed E-state index contributed by atoms with van der Waals surface area (Å²) in [6, 6.07) is 7.49. The summed E-state index contributed by atoms with van der Waals surface area (Å²) < 4.78 is 0.967. The predicted molar refractivity (Wildman–Crippen MR) is 89.0 cm³/mol. The number of benzene rings is 1. The first kappa shape index (κ1) is 16.7. The van der Waals surface area contributed by atoms with Gasteiger partial charge in [-0.25, -0.2) is 0 Å².